The van der Waals surface area contributed by atoms with Crippen LogP contribution in [0.15, 0.2) is 77.6 Å². The Hall–Kier alpha value is -4.02. The number of hydrogen-bond donors (Lipinski definition) is 0. The van der Waals surface area contributed by atoms with Crippen LogP contribution in [0.3, 0.4) is 0 Å². The number of aromatic nitrogens is 2. The van der Waals surface area contributed by atoms with Crippen LogP contribution < -0.4 is 10.4 Å². The molecule has 0 bridgehead atoms. The van der Waals surface area contributed by atoms with Crippen LogP contribution in [-0.4, -0.2) is 38.6 Å². The Kier molecular flexibility index (Phi) is 7.97. The Morgan fingerprint density at radius 3 is 2.27 bits per heavy atom. The fourth-order valence-corrected chi connectivity index (χ4v) is 5.09. The van der Waals surface area contributed by atoms with E-state index >= 15 is 0 Å². The van der Waals surface area contributed by atoms with Crippen LogP contribution >= 0.6 is 23.2 Å². The molecular weight excluding hydrogens is 582 g/mol. The number of aryl methyl sites for hydroxylation is 1. The molecule has 212 valence electrons. The highest BCUT2D eigenvalue weighted by atomic mass is 35.5. The molecule has 12 heteroatoms. The third kappa shape index (κ3) is 6.18. The minimum atomic E-state index is -4.88. The summed E-state index contributed by atoms with van der Waals surface area (Å²) in [6.07, 6.45) is -4.41. The first kappa shape index (κ1) is 28.5. The maximum absolute atomic E-state index is 13.7. The second-order valence-electron chi connectivity index (χ2n) is 9.37. The average Bonchev–Trinajstić information content (AvgIpc) is 3.24. The summed E-state index contributed by atoms with van der Waals surface area (Å²) in [5, 5.41) is 0.512. The maximum atomic E-state index is 13.7. The summed E-state index contributed by atoms with van der Waals surface area (Å²) in [5.74, 6) is -1.17. The molecule has 1 aromatic heterocycles. The summed E-state index contributed by atoms with van der Waals surface area (Å²) in [6, 6.07) is 18.5. The number of halogens is 5. The normalized spacial score (nSPS) is 13.1. The molecule has 7 nitrogen and oxygen atoms in total. The number of fused-ring (bicyclic) bond motifs is 1. The van der Waals surface area contributed by atoms with Crippen LogP contribution in [0.1, 0.15) is 38.5 Å². The first-order valence-electron chi connectivity index (χ1n) is 12.5. The lowest BCUT2D eigenvalue weighted by atomic mass is 10.0. The molecule has 0 saturated heterocycles. The zero-order chi connectivity index (χ0) is 29.3. The second-order valence-corrected chi connectivity index (χ2v) is 10.2. The predicted molar refractivity (Wildman–Crippen MR) is 147 cm³/mol. The number of amides is 1. The lowest BCUT2D eigenvalue weighted by Gasteiger charge is -2.28. The highest BCUT2D eigenvalue weighted by molar-refractivity contribution is 6.42. The number of alkyl halides is 3. The summed E-state index contributed by atoms with van der Waals surface area (Å²) >= 11 is 12.1. The fourth-order valence-electron chi connectivity index (χ4n) is 4.79. The summed E-state index contributed by atoms with van der Waals surface area (Å²) in [7, 11) is 0. The molecule has 0 aliphatic carbocycles. The van der Waals surface area contributed by atoms with Gasteiger partial charge in [-0.1, -0.05) is 53.5 Å². The second kappa shape index (κ2) is 11.5. The molecule has 1 aliphatic heterocycles. The number of Topliss-reactive ketones (excluding diaryl/α,β-unsaturated/α-hetero) is 1. The third-order valence-corrected chi connectivity index (χ3v) is 7.45. The lowest BCUT2D eigenvalue weighted by molar-refractivity contribution is -0.274. The number of carbonyl (C=O) groups is 2. The van der Waals surface area contributed by atoms with Gasteiger partial charge < -0.3 is 9.64 Å². The molecule has 2 heterocycles. The van der Waals surface area contributed by atoms with Gasteiger partial charge in [0, 0.05) is 25.1 Å². The number of carbonyl (C=O) groups excluding carboxylic acids is 2. The van der Waals surface area contributed by atoms with Crippen LogP contribution in [-0.2, 0) is 19.5 Å². The third-order valence-electron chi connectivity index (χ3n) is 6.71. The summed E-state index contributed by atoms with van der Waals surface area (Å²) < 4.78 is 44.6. The number of nitrogens with zero attached hydrogens (tertiary/aromatic N) is 3. The Bertz CT molecular complexity index is 1670. The standard InChI is InChI=1S/C29H22Cl2F3N3O4/c30-22-12-7-19(16-23(22)31)27(39)35-14-15-36-24(17-35)26(25(38)13-6-18-4-2-1-3-5-18)37(28(36)40)20-8-10-21(11-9-20)41-29(32,33)34/h1-5,7-12,16H,6,13-15,17H2. The number of ether oxygens (including phenoxy) is 1. The lowest BCUT2D eigenvalue weighted by Crippen LogP contribution is -2.41. The van der Waals surface area contributed by atoms with Crippen molar-refractivity contribution < 1.29 is 27.5 Å². The van der Waals surface area contributed by atoms with E-state index in [4.69, 9.17) is 23.2 Å². The van der Waals surface area contributed by atoms with E-state index in [1.54, 1.807) is 6.07 Å². The van der Waals surface area contributed by atoms with Crippen molar-refractivity contribution in [3.05, 3.63) is 116 Å². The van der Waals surface area contributed by atoms with Gasteiger partial charge in [-0.05, 0) is 54.4 Å². The van der Waals surface area contributed by atoms with Gasteiger partial charge in [-0.25, -0.2) is 4.79 Å². The van der Waals surface area contributed by atoms with E-state index in [1.807, 2.05) is 30.3 Å². The van der Waals surface area contributed by atoms with Crippen molar-refractivity contribution in [1.82, 2.24) is 14.0 Å². The van der Waals surface area contributed by atoms with Crippen molar-refractivity contribution in [2.75, 3.05) is 6.54 Å². The Labute approximate surface area is 242 Å². The Morgan fingerprint density at radius 2 is 1.61 bits per heavy atom. The van der Waals surface area contributed by atoms with Crippen molar-refractivity contribution >= 4 is 34.9 Å². The van der Waals surface area contributed by atoms with Crippen LogP contribution in [0.4, 0.5) is 13.2 Å². The van der Waals surface area contributed by atoms with Crippen molar-refractivity contribution in [1.29, 1.82) is 0 Å². The first-order valence-corrected chi connectivity index (χ1v) is 13.3. The smallest absolute Gasteiger partial charge is 0.406 e. The molecule has 3 aromatic carbocycles. The zero-order valence-electron chi connectivity index (χ0n) is 21.3. The first-order chi connectivity index (χ1) is 19.5. The molecule has 0 saturated carbocycles. The summed E-state index contributed by atoms with van der Waals surface area (Å²) in [4.78, 5) is 42.1. The minimum Gasteiger partial charge on any atom is -0.406 e. The van der Waals surface area contributed by atoms with Crippen LogP contribution in [0.2, 0.25) is 10.0 Å². The molecule has 0 N–H and O–H groups in total. The van der Waals surface area contributed by atoms with E-state index in [2.05, 4.69) is 4.74 Å². The van der Waals surface area contributed by atoms with Gasteiger partial charge in [0.1, 0.15) is 11.4 Å². The van der Waals surface area contributed by atoms with Gasteiger partial charge in [0.15, 0.2) is 5.78 Å². The molecule has 0 fully saturated rings. The molecule has 0 atom stereocenters. The van der Waals surface area contributed by atoms with Gasteiger partial charge in [0.25, 0.3) is 5.91 Å². The van der Waals surface area contributed by atoms with Gasteiger partial charge in [0.2, 0.25) is 0 Å². The van der Waals surface area contributed by atoms with Crippen molar-refractivity contribution in [3.8, 4) is 11.4 Å². The molecule has 5 rings (SSSR count). The molecule has 0 spiro atoms. The van der Waals surface area contributed by atoms with Crippen LogP contribution in [0, 0.1) is 0 Å². The summed E-state index contributed by atoms with van der Waals surface area (Å²) in [6.45, 7) is 0.261. The highest BCUT2D eigenvalue weighted by Gasteiger charge is 2.33. The Balaban J connectivity index is 1.53. The van der Waals surface area contributed by atoms with E-state index in [0.717, 1.165) is 17.7 Å². The van der Waals surface area contributed by atoms with Crippen LogP contribution in [0.25, 0.3) is 5.69 Å². The highest BCUT2D eigenvalue weighted by Crippen LogP contribution is 2.28. The molecule has 4 aromatic rings. The van der Waals surface area contributed by atoms with Crippen LogP contribution in [0.5, 0.6) is 5.75 Å². The predicted octanol–water partition coefficient (Wildman–Crippen LogP) is 6.32. The number of rotatable bonds is 7. The van der Waals surface area contributed by atoms with E-state index < -0.39 is 17.8 Å². The summed E-state index contributed by atoms with van der Waals surface area (Å²) in [5.41, 5.74) is 1.29. The molecule has 0 unspecified atom stereocenters. The zero-order valence-corrected chi connectivity index (χ0v) is 22.8. The van der Waals surface area contributed by atoms with Crippen molar-refractivity contribution in [3.63, 3.8) is 0 Å². The van der Waals surface area contributed by atoms with E-state index in [0.29, 0.717) is 22.7 Å². The van der Waals surface area contributed by atoms with E-state index in [1.165, 1.54) is 38.3 Å². The maximum Gasteiger partial charge on any atom is 0.573 e. The van der Waals surface area contributed by atoms with Gasteiger partial charge in [0.05, 0.1) is 28.0 Å². The number of benzene rings is 3. The quantitative estimate of drug-likeness (QED) is 0.232. The molecule has 1 aliphatic rings. The van der Waals surface area contributed by atoms with Gasteiger partial charge in [-0.2, -0.15) is 0 Å². The fraction of sp³-hybridized carbons (Fsp3) is 0.207. The molecule has 41 heavy (non-hydrogen) atoms. The van der Waals surface area contributed by atoms with Gasteiger partial charge in [-0.15, -0.1) is 13.2 Å². The molecular formula is C29H22Cl2F3N3O4. The van der Waals surface area contributed by atoms with E-state index in [-0.39, 0.29) is 54.1 Å². The largest absolute Gasteiger partial charge is 0.573 e. The Morgan fingerprint density at radius 1 is 0.902 bits per heavy atom. The van der Waals surface area contributed by atoms with E-state index in [9.17, 15) is 27.6 Å². The average molecular weight is 604 g/mol. The monoisotopic (exact) mass is 603 g/mol. The number of imidazole rings is 1. The number of ketones is 1. The minimum absolute atomic E-state index is 0.0387. The molecule has 0 radical (unpaired) electrons. The topological polar surface area (TPSA) is 73.5 Å². The van der Waals surface area contributed by atoms with Gasteiger partial charge in [-0.3, -0.25) is 18.7 Å². The SMILES string of the molecule is O=C(CCc1ccccc1)c1c2n(c(=O)n1-c1ccc(OC(F)(F)F)cc1)CCN(C(=O)c1ccc(Cl)c(Cl)c1)C2. The molecule has 1 amide bonds. The number of hydrogen-bond acceptors (Lipinski definition) is 4. The van der Waals surface area contributed by atoms with Crippen molar-refractivity contribution in [2.24, 2.45) is 0 Å². The van der Waals surface area contributed by atoms with Crippen molar-refractivity contribution in [2.45, 2.75) is 32.3 Å². The van der Waals surface area contributed by atoms with Gasteiger partial charge >= 0.3 is 12.1 Å².